The largest absolute Gasteiger partial charge is 0.389 e. The van der Waals surface area contributed by atoms with Crippen molar-refractivity contribution in [2.75, 3.05) is 25.0 Å². The number of β-amino-alcohol motifs (C(OH)–C–C–N with tert-alkyl or cyclic N) is 2. The predicted octanol–water partition coefficient (Wildman–Crippen LogP) is 0.199. The van der Waals surface area contributed by atoms with Gasteiger partial charge in [0.1, 0.15) is 0 Å². The second-order valence-corrected chi connectivity index (χ2v) is 4.08. The summed E-state index contributed by atoms with van der Waals surface area (Å²) < 4.78 is 0. The van der Waals surface area contributed by atoms with E-state index in [0.29, 0.717) is 13.1 Å². The maximum Gasteiger partial charge on any atom is 0.0938 e. The number of halogens is 1. The van der Waals surface area contributed by atoms with E-state index in [0.717, 1.165) is 24.7 Å². The van der Waals surface area contributed by atoms with Gasteiger partial charge in [0.05, 0.1) is 12.2 Å². The molecular formula is C8H16BrNO2. The van der Waals surface area contributed by atoms with Crippen LogP contribution in [0.1, 0.15) is 12.8 Å². The predicted molar refractivity (Wildman–Crippen MR) is 51.5 cm³/mol. The molecular weight excluding hydrogens is 222 g/mol. The molecule has 1 saturated heterocycles. The zero-order chi connectivity index (χ0) is 8.97. The molecule has 2 unspecified atom stereocenters. The van der Waals surface area contributed by atoms with E-state index in [9.17, 15) is 10.2 Å². The van der Waals surface area contributed by atoms with Crippen LogP contribution in [0.5, 0.6) is 0 Å². The number of alkyl halides is 1. The van der Waals surface area contributed by atoms with Crippen molar-refractivity contribution >= 4 is 15.9 Å². The summed E-state index contributed by atoms with van der Waals surface area (Å²) in [5.74, 6) is 0. The monoisotopic (exact) mass is 237 g/mol. The van der Waals surface area contributed by atoms with Crippen molar-refractivity contribution in [2.45, 2.75) is 25.0 Å². The van der Waals surface area contributed by atoms with Gasteiger partial charge in [0.15, 0.2) is 0 Å². The summed E-state index contributed by atoms with van der Waals surface area (Å²) in [4.78, 5) is 2.11. The second-order valence-electron chi connectivity index (χ2n) is 3.29. The highest BCUT2D eigenvalue weighted by Gasteiger charge is 2.28. The smallest absolute Gasteiger partial charge is 0.0938 e. The maximum atomic E-state index is 9.22. The van der Waals surface area contributed by atoms with Crippen molar-refractivity contribution in [1.82, 2.24) is 4.90 Å². The van der Waals surface area contributed by atoms with E-state index in [4.69, 9.17) is 0 Å². The van der Waals surface area contributed by atoms with E-state index in [2.05, 4.69) is 20.8 Å². The van der Waals surface area contributed by atoms with Crippen LogP contribution in [0.25, 0.3) is 0 Å². The minimum Gasteiger partial charge on any atom is -0.389 e. The zero-order valence-corrected chi connectivity index (χ0v) is 8.70. The van der Waals surface area contributed by atoms with Crippen molar-refractivity contribution in [3.63, 3.8) is 0 Å². The van der Waals surface area contributed by atoms with Crippen molar-refractivity contribution in [2.24, 2.45) is 0 Å². The Bertz CT molecular complexity index is 124. The molecule has 4 heteroatoms. The topological polar surface area (TPSA) is 43.7 Å². The molecule has 1 aliphatic heterocycles. The van der Waals surface area contributed by atoms with Crippen LogP contribution in [0.3, 0.4) is 0 Å². The Morgan fingerprint density at radius 2 is 1.75 bits per heavy atom. The molecule has 0 aliphatic carbocycles. The van der Waals surface area contributed by atoms with Crippen molar-refractivity contribution < 1.29 is 10.2 Å². The first-order chi connectivity index (χ1) is 5.74. The van der Waals surface area contributed by atoms with Gasteiger partial charge in [0, 0.05) is 18.4 Å². The first-order valence-electron chi connectivity index (χ1n) is 4.38. The third-order valence-corrected chi connectivity index (χ3v) is 2.75. The molecule has 2 N–H and O–H groups in total. The first-order valence-corrected chi connectivity index (χ1v) is 5.50. The summed E-state index contributed by atoms with van der Waals surface area (Å²) in [5, 5.41) is 19.5. The summed E-state index contributed by atoms with van der Waals surface area (Å²) in [7, 11) is 0. The molecule has 1 heterocycles. The lowest BCUT2D eigenvalue weighted by Gasteiger charge is -2.13. The van der Waals surface area contributed by atoms with Crippen molar-refractivity contribution in [3.8, 4) is 0 Å². The van der Waals surface area contributed by atoms with E-state index in [1.54, 1.807) is 0 Å². The summed E-state index contributed by atoms with van der Waals surface area (Å²) in [6.07, 6.45) is 1.22. The third kappa shape index (κ3) is 3.01. The van der Waals surface area contributed by atoms with Crippen LogP contribution in [0, 0.1) is 0 Å². The van der Waals surface area contributed by atoms with Gasteiger partial charge in [-0.3, -0.25) is 4.90 Å². The van der Waals surface area contributed by atoms with Gasteiger partial charge in [-0.2, -0.15) is 0 Å². The summed E-state index contributed by atoms with van der Waals surface area (Å²) in [6.45, 7) is 2.24. The third-order valence-electron chi connectivity index (χ3n) is 2.19. The molecule has 0 aromatic heterocycles. The van der Waals surface area contributed by atoms with Crippen LogP contribution in [0.15, 0.2) is 0 Å². The lowest BCUT2D eigenvalue weighted by atomic mass is 10.3. The summed E-state index contributed by atoms with van der Waals surface area (Å²) in [5.41, 5.74) is 0. The number of hydrogen-bond donors (Lipinski definition) is 2. The first kappa shape index (κ1) is 10.4. The normalized spacial score (nSPS) is 31.2. The minimum absolute atomic E-state index is 0.533. The number of nitrogens with zero attached hydrogens (tertiary/aromatic N) is 1. The molecule has 1 aliphatic rings. The molecule has 1 fully saturated rings. The quantitative estimate of drug-likeness (QED) is 0.543. The van der Waals surface area contributed by atoms with Crippen LogP contribution in [-0.4, -0.2) is 52.3 Å². The van der Waals surface area contributed by atoms with Gasteiger partial charge in [-0.1, -0.05) is 15.9 Å². The molecule has 72 valence electrons. The standard InChI is InChI=1S/C8H16BrNO2/c9-3-1-2-4-10-5-7(11)8(12)6-10/h7-8,11-12H,1-6H2. The van der Waals surface area contributed by atoms with Gasteiger partial charge in [-0.15, -0.1) is 0 Å². The Kier molecular flexibility index (Phi) is 4.50. The maximum absolute atomic E-state index is 9.22. The molecule has 3 nitrogen and oxygen atoms in total. The van der Waals surface area contributed by atoms with Crippen LogP contribution < -0.4 is 0 Å². The van der Waals surface area contributed by atoms with Gasteiger partial charge >= 0.3 is 0 Å². The van der Waals surface area contributed by atoms with Crippen molar-refractivity contribution in [1.29, 1.82) is 0 Å². The average Bonchev–Trinajstić information content (AvgIpc) is 2.32. The summed E-state index contributed by atoms with van der Waals surface area (Å²) >= 11 is 3.37. The lowest BCUT2D eigenvalue weighted by Crippen LogP contribution is -2.23. The lowest BCUT2D eigenvalue weighted by molar-refractivity contribution is 0.0572. The number of hydrogen-bond acceptors (Lipinski definition) is 3. The number of aliphatic hydroxyl groups excluding tert-OH is 2. The number of likely N-dealkylation sites (tertiary alicyclic amines) is 1. The van der Waals surface area contributed by atoms with Gasteiger partial charge in [0.2, 0.25) is 0 Å². The van der Waals surface area contributed by atoms with Gasteiger partial charge in [0.25, 0.3) is 0 Å². The SMILES string of the molecule is OC1CN(CCCCBr)CC1O. The minimum atomic E-state index is -0.533. The Morgan fingerprint density at radius 3 is 2.25 bits per heavy atom. The Labute approximate surface area is 81.5 Å². The summed E-state index contributed by atoms with van der Waals surface area (Å²) in [6, 6.07) is 0. The molecule has 0 spiro atoms. The Hall–Kier alpha value is 0.360. The molecule has 0 aromatic rings. The van der Waals surface area contributed by atoms with Crippen LogP contribution in [0.4, 0.5) is 0 Å². The van der Waals surface area contributed by atoms with Crippen LogP contribution in [0.2, 0.25) is 0 Å². The molecule has 2 atom stereocenters. The molecule has 12 heavy (non-hydrogen) atoms. The Balaban J connectivity index is 2.10. The fraction of sp³-hybridized carbons (Fsp3) is 1.00. The van der Waals surface area contributed by atoms with E-state index in [1.165, 1.54) is 0 Å². The van der Waals surface area contributed by atoms with Gasteiger partial charge < -0.3 is 10.2 Å². The van der Waals surface area contributed by atoms with Gasteiger partial charge in [-0.05, 0) is 19.4 Å². The number of rotatable bonds is 4. The second kappa shape index (κ2) is 5.17. The van der Waals surface area contributed by atoms with E-state index < -0.39 is 12.2 Å². The van der Waals surface area contributed by atoms with E-state index >= 15 is 0 Å². The van der Waals surface area contributed by atoms with Gasteiger partial charge in [-0.25, -0.2) is 0 Å². The van der Waals surface area contributed by atoms with E-state index in [-0.39, 0.29) is 0 Å². The zero-order valence-electron chi connectivity index (χ0n) is 7.12. The molecule has 0 aromatic carbocycles. The van der Waals surface area contributed by atoms with Crippen LogP contribution in [-0.2, 0) is 0 Å². The molecule has 0 amide bonds. The average molecular weight is 238 g/mol. The number of unbranched alkanes of at least 4 members (excludes halogenated alkanes) is 1. The molecule has 0 radical (unpaired) electrons. The highest BCUT2D eigenvalue weighted by Crippen LogP contribution is 2.10. The fourth-order valence-electron chi connectivity index (χ4n) is 1.46. The van der Waals surface area contributed by atoms with E-state index in [1.807, 2.05) is 0 Å². The number of aliphatic hydroxyl groups is 2. The highest BCUT2D eigenvalue weighted by molar-refractivity contribution is 9.09. The fourth-order valence-corrected chi connectivity index (χ4v) is 1.86. The molecule has 1 rings (SSSR count). The Morgan fingerprint density at radius 1 is 1.17 bits per heavy atom. The molecule has 0 saturated carbocycles. The highest BCUT2D eigenvalue weighted by atomic mass is 79.9. The van der Waals surface area contributed by atoms with Crippen molar-refractivity contribution in [3.05, 3.63) is 0 Å². The van der Waals surface area contributed by atoms with Crippen LogP contribution >= 0.6 is 15.9 Å². The molecule has 0 bridgehead atoms.